The van der Waals surface area contributed by atoms with Gasteiger partial charge in [0, 0.05) is 6.26 Å². The van der Waals surface area contributed by atoms with Crippen LogP contribution in [0.5, 0.6) is 5.75 Å². The first-order valence-electron chi connectivity index (χ1n) is 8.04. The van der Waals surface area contributed by atoms with Gasteiger partial charge in [0.05, 0.1) is 10.5 Å². The molecule has 0 atom stereocenters. The van der Waals surface area contributed by atoms with E-state index in [0.29, 0.717) is 29.0 Å². The highest BCUT2D eigenvalue weighted by Gasteiger charge is 2.13. The van der Waals surface area contributed by atoms with Crippen LogP contribution in [0.3, 0.4) is 0 Å². The van der Waals surface area contributed by atoms with Gasteiger partial charge >= 0.3 is 0 Å². The highest BCUT2D eigenvalue weighted by atomic mass is 32.2. The van der Waals surface area contributed by atoms with E-state index in [1.165, 1.54) is 6.07 Å². The Kier molecular flexibility index (Phi) is 5.19. The zero-order valence-electron chi connectivity index (χ0n) is 14.3. The van der Waals surface area contributed by atoms with E-state index in [-0.39, 0.29) is 4.90 Å². The lowest BCUT2D eigenvalue weighted by Crippen LogP contribution is -2.00. The number of hydrogen-bond donors (Lipinski definition) is 0. The number of carbonyl (C=O) groups excluding carboxylic acids is 1. The quantitative estimate of drug-likeness (QED) is 0.615. The van der Waals surface area contributed by atoms with Crippen molar-refractivity contribution in [3.05, 3.63) is 83.9 Å². The smallest absolute Gasteiger partial charge is 0.175 e. The topological polar surface area (TPSA) is 60.4 Å². The van der Waals surface area contributed by atoms with Crippen LogP contribution in [-0.4, -0.2) is 21.0 Å². The van der Waals surface area contributed by atoms with Crippen molar-refractivity contribution in [1.82, 2.24) is 0 Å². The van der Waals surface area contributed by atoms with Gasteiger partial charge in [-0.05, 0) is 34.9 Å². The van der Waals surface area contributed by atoms with E-state index in [4.69, 9.17) is 4.74 Å². The average Bonchev–Trinajstić information content (AvgIpc) is 2.66. The Labute approximate surface area is 153 Å². The van der Waals surface area contributed by atoms with E-state index in [1.54, 1.807) is 36.4 Å². The second-order valence-electron chi connectivity index (χ2n) is 5.91. The third-order valence-electron chi connectivity index (χ3n) is 3.99. The van der Waals surface area contributed by atoms with Crippen LogP contribution < -0.4 is 4.74 Å². The molecule has 0 aliphatic rings. The first kappa shape index (κ1) is 17.9. The number of ether oxygens (including phenoxy) is 1. The highest BCUT2D eigenvalue weighted by Crippen LogP contribution is 2.31. The van der Waals surface area contributed by atoms with Gasteiger partial charge in [-0.15, -0.1) is 0 Å². The molecule has 26 heavy (non-hydrogen) atoms. The summed E-state index contributed by atoms with van der Waals surface area (Å²) in [5.74, 6) is 0.464. The average molecular weight is 366 g/mol. The Morgan fingerprint density at radius 3 is 2.35 bits per heavy atom. The molecule has 3 aromatic carbocycles. The van der Waals surface area contributed by atoms with Crippen molar-refractivity contribution in [2.75, 3.05) is 6.26 Å². The SMILES string of the molecule is CS(=O)(=O)c1cccc(-c2cccc(OCc3ccccc3)c2C=O)c1. The summed E-state index contributed by atoms with van der Waals surface area (Å²) < 4.78 is 29.4. The van der Waals surface area contributed by atoms with Gasteiger partial charge in [-0.25, -0.2) is 8.42 Å². The molecule has 0 amide bonds. The van der Waals surface area contributed by atoms with Gasteiger partial charge in [0.1, 0.15) is 12.4 Å². The summed E-state index contributed by atoms with van der Waals surface area (Å²) in [5, 5.41) is 0. The normalized spacial score (nSPS) is 11.1. The molecule has 0 aliphatic heterocycles. The van der Waals surface area contributed by atoms with Crippen LogP contribution in [0.15, 0.2) is 77.7 Å². The maximum Gasteiger partial charge on any atom is 0.175 e. The van der Waals surface area contributed by atoms with Crippen molar-refractivity contribution in [3.8, 4) is 16.9 Å². The van der Waals surface area contributed by atoms with Gasteiger partial charge in [-0.2, -0.15) is 0 Å². The van der Waals surface area contributed by atoms with Gasteiger partial charge in [-0.1, -0.05) is 54.6 Å². The third-order valence-corrected chi connectivity index (χ3v) is 5.10. The van der Waals surface area contributed by atoms with Crippen molar-refractivity contribution in [1.29, 1.82) is 0 Å². The third kappa shape index (κ3) is 4.00. The molecule has 0 unspecified atom stereocenters. The standard InChI is InChI=1S/C21H18O4S/c1-26(23,24)18-10-5-9-17(13-18)19-11-6-12-21(20(19)14-22)25-15-16-7-3-2-4-8-16/h2-14H,15H2,1H3. The Bertz CT molecular complexity index is 1020. The number of benzene rings is 3. The monoisotopic (exact) mass is 366 g/mol. The highest BCUT2D eigenvalue weighted by molar-refractivity contribution is 7.90. The number of rotatable bonds is 6. The molecule has 0 aromatic heterocycles. The molecule has 3 aromatic rings. The van der Waals surface area contributed by atoms with Gasteiger partial charge in [0.15, 0.2) is 16.1 Å². The Morgan fingerprint density at radius 1 is 0.923 bits per heavy atom. The molecule has 4 nitrogen and oxygen atoms in total. The van der Waals surface area contributed by atoms with Crippen molar-refractivity contribution in [2.45, 2.75) is 11.5 Å². The number of aldehydes is 1. The second-order valence-corrected chi connectivity index (χ2v) is 7.93. The Balaban J connectivity index is 1.98. The molecule has 0 N–H and O–H groups in total. The van der Waals surface area contributed by atoms with Crippen LogP contribution in [0.25, 0.3) is 11.1 Å². The summed E-state index contributed by atoms with van der Waals surface area (Å²) in [6.45, 7) is 0.342. The predicted molar refractivity (Wildman–Crippen MR) is 101 cm³/mol. The predicted octanol–water partition coefficient (Wildman–Crippen LogP) is 4.15. The summed E-state index contributed by atoms with van der Waals surface area (Å²) >= 11 is 0. The molecular weight excluding hydrogens is 348 g/mol. The van der Waals surface area contributed by atoms with E-state index in [2.05, 4.69) is 0 Å². The summed E-state index contributed by atoms with van der Waals surface area (Å²) in [5.41, 5.74) is 2.68. The minimum absolute atomic E-state index is 0.211. The molecule has 0 fully saturated rings. The number of hydrogen-bond acceptors (Lipinski definition) is 4. The largest absolute Gasteiger partial charge is 0.488 e. The van der Waals surface area contributed by atoms with Gasteiger partial charge < -0.3 is 4.74 Å². The van der Waals surface area contributed by atoms with Gasteiger partial charge in [-0.3, -0.25) is 4.79 Å². The van der Waals surface area contributed by atoms with Crippen LogP contribution >= 0.6 is 0 Å². The maximum atomic E-state index is 11.8. The molecule has 0 saturated heterocycles. The first-order valence-corrected chi connectivity index (χ1v) is 9.93. The lowest BCUT2D eigenvalue weighted by atomic mass is 9.99. The van der Waals surface area contributed by atoms with Crippen LogP contribution in [0.2, 0.25) is 0 Å². The van der Waals surface area contributed by atoms with Crippen molar-refractivity contribution in [3.63, 3.8) is 0 Å². The van der Waals surface area contributed by atoms with E-state index in [9.17, 15) is 13.2 Å². The van der Waals surface area contributed by atoms with Crippen LogP contribution in [0.4, 0.5) is 0 Å². The summed E-state index contributed by atoms with van der Waals surface area (Å²) in [7, 11) is -3.33. The lowest BCUT2D eigenvalue weighted by Gasteiger charge is -2.13. The molecule has 132 valence electrons. The van der Waals surface area contributed by atoms with E-state index in [0.717, 1.165) is 18.1 Å². The molecule has 0 spiro atoms. The van der Waals surface area contributed by atoms with Crippen molar-refractivity contribution < 1.29 is 17.9 Å². The molecule has 0 heterocycles. The Morgan fingerprint density at radius 2 is 1.65 bits per heavy atom. The van der Waals surface area contributed by atoms with E-state index < -0.39 is 9.84 Å². The Hall–Kier alpha value is -2.92. The molecule has 0 aliphatic carbocycles. The minimum Gasteiger partial charge on any atom is -0.488 e. The summed E-state index contributed by atoms with van der Waals surface area (Å²) in [6.07, 6.45) is 1.90. The van der Waals surface area contributed by atoms with Crippen molar-refractivity contribution in [2.24, 2.45) is 0 Å². The second kappa shape index (κ2) is 7.54. The minimum atomic E-state index is -3.33. The van der Waals surface area contributed by atoms with E-state index in [1.807, 2.05) is 30.3 Å². The zero-order chi connectivity index (χ0) is 18.6. The fourth-order valence-corrected chi connectivity index (χ4v) is 3.34. The molecule has 0 saturated carbocycles. The fraction of sp³-hybridized carbons (Fsp3) is 0.0952. The molecule has 0 radical (unpaired) electrons. The molecule has 0 bridgehead atoms. The number of sulfone groups is 1. The van der Waals surface area contributed by atoms with Crippen LogP contribution in [-0.2, 0) is 16.4 Å². The lowest BCUT2D eigenvalue weighted by molar-refractivity contribution is 0.111. The van der Waals surface area contributed by atoms with Crippen LogP contribution in [0, 0.1) is 0 Å². The fourth-order valence-electron chi connectivity index (χ4n) is 2.67. The summed E-state index contributed by atoms with van der Waals surface area (Å²) in [6, 6.07) is 21.5. The maximum absolute atomic E-state index is 11.8. The first-order chi connectivity index (χ1) is 12.5. The molecular formula is C21H18O4S. The van der Waals surface area contributed by atoms with Crippen LogP contribution in [0.1, 0.15) is 15.9 Å². The summed E-state index contributed by atoms with van der Waals surface area (Å²) in [4.78, 5) is 11.9. The van der Waals surface area contributed by atoms with Gasteiger partial charge in [0.25, 0.3) is 0 Å². The molecule has 5 heteroatoms. The van der Waals surface area contributed by atoms with E-state index >= 15 is 0 Å². The molecule has 3 rings (SSSR count). The number of carbonyl (C=O) groups is 1. The zero-order valence-corrected chi connectivity index (χ0v) is 15.1. The van der Waals surface area contributed by atoms with Crippen molar-refractivity contribution >= 4 is 16.1 Å². The van der Waals surface area contributed by atoms with Gasteiger partial charge in [0.2, 0.25) is 0 Å².